The van der Waals surface area contributed by atoms with Crippen molar-refractivity contribution in [2.24, 2.45) is 0 Å². The number of benzene rings is 2. The summed E-state index contributed by atoms with van der Waals surface area (Å²) in [5.74, 6) is 2.27. The van der Waals surface area contributed by atoms with Gasteiger partial charge in [-0.2, -0.15) is 0 Å². The quantitative estimate of drug-likeness (QED) is 0.763. The van der Waals surface area contributed by atoms with Gasteiger partial charge in [0.15, 0.2) is 11.5 Å². The zero-order valence-electron chi connectivity index (χ0n) is 11.8. The Balaban J connectivity index is 2.55. The van der Waals surface area contributed by atoms with Crippen LogP contribution in [0.15, 0.2) is 36.4 Å². The normalized spacial score (nSPS) is 10.2. The Labute approximate surface area is 127 Å². The van der Waals surface area contributed by atoms with E-state index in [-0.39, 0.29) is 0 Å². The fourth-order valence-corrected chi connectivity index (χ4v) is 2.56. The SMILES string of the molecule is COc1ccc(CBr)c(-c2ccc(OC)c(OC)c2)c1. The molecule has 0 aliphatic carbocycles. The third-order valence-corrected chi connectivity index (χ3v) is 3.76. The van der Waals surface area contributed by atoms with Crippen molar-refractivity contribution < 1.29 is 14.2 Å². The molecule has 0 radical (unpaired) electrons. The summed E-state index contributed by atoms with van der Waals surface area (Å²) in [7, 11) is 4.94. The lowest BCUT2D eigenvalue weighted by molar-refractivity contribution is 0.355. The zero-order valence-corrected chi connectivity index (χ0v) is 13.4. The minimum Gasteiger partial charge on any atom is -0.497 e. The van der Waals surface area contributed by atoms with E-state index in [1.807, 2.05) is 30.3 Å². The molecule has 2 aromatic rings. The molecule has 106 valence electrons. The van der Waals surface area contributed by atoms with E-state index < -0.39 is 0 Å². The van der Waals surface area contributed by atoms with E-state index >= 15 is 0 Å². The van der Waals surface area contributed by atoms with Crippen molar-refractivity contribution in [3.8, 4) is 28.4 Å². The van der Waals surface area contributed by atoms with Gasteiger partial charge in [0.1, 0.15) is 5.75 Å². The first-order chi connectivity index (χ1) is 9.73. The second-order valence-electron chi connectivity index (χ2n) is 4.23. The van der Waals surface area contributed by atoms with Crippen LogP contribution in [0.2, 0.25) is 0 Å². The Kier molecular flexibility index (Phi) is 4.90. The third kappa shape index (κ3) is 2.90. The molecule has 0 aliphatic heterocycles. The van der Waals surface area contributed by atoms with Crippen LogP contribution in [0.5, 0.6) is 17.2 Å². The second kappa shape index (κ2) is 6.66. The van der Waals surface area contributed by atoms with Crippen molar-refractivity contribution in [1.29, 1.82) is 0 Å². The van der Waals surface area contributed by atoms with Gasteiger partial charge in [-0.25, -0.2) is 0 Å². The van der Waals surface area contributed by atoms with Gasteiger partial charge in [-0.15, -0.1) is 0 Å². The van der Waals surface area contributed by atoms with Crippen LogP contribution in [0.3, 0.4) is 0 Å². The lowest BCUT2D eigenvalue weighted by Crippen LogP contribution is -1.93. The van der Waals surface area contributed by atoms with Crippen LogP contribution in [0.1, 0.15) is 5.56 Å². The Bertz CT molecular complexity index is 596. The highest BCUT2D eigenvalue weighted by Gasteiger charge is 2.10. The molecule has 0 fully saturated rings. The van der Waals surface area contributed by atoms with E-state index in [2.05, 4.69) is 22.0 Å². The van der Waals surface area contributed by atoms with E-state index in [1.165, 1.54) is 5.56 Å². The minimum absolute atomic E-state index is 0.716. The summed E-state index contributed by atoms with van der Waals surface area (Å²) >= 11 is 3.52. The van der Waals surface area contributed by atoms with Gasteiger partial charge in [0.25, 0.3) is 0 Å². The second-order valence-corrected chi connectivity index (χ2v) is 4.79. The van der Waals surface area contributed by atoms with Crippen molar-refractivity contribution in [3.63, 3.8) is 0 Å². The fraction of sp³-hybridized carbons (Fsp3) is 0.250. The monoisotopic (exact) mass is 336 g/mol. The molecule has 0 saturated carbocycles. The molecule has 0 amide bonds. The smallest absolute Gasteiger partial charge is 0.161 e. The molecule has 0 aliphatic rings. The van der Waals surface area contributed by atoms with Crippen LogP contribution in [-0.2, 0) is 5.33 Å². The summed E-state index contributed by atoms with van der Waals surface area (Å²) in [6.07, 6.45) is 0. The third-order valence-electron chi connectivity index (χ3n) is 3.16. The molecule has 0 saturated heterocycles. The number of rotatable bonds is 5. The maximum Gasteiger partial charge on any atom is 0.161 e. The van der Waals surface area contributed by atoms with Crippen LogP contribution < -0.4 is 14.2 Å². The van der Waals surface area contributed by atoms with Crippen LogP contribution in [0, 0.1) is 0 Å². The molecule has 0 unspecified atom stereocenters. The summed E-state index contributed by atoms with van der Waals surface area (Å²) in [6.45, 7) is 0. The molecule has 2 rings (SSSR count). The van der Waals surface area contributed by atoms with Gasteiger partial charge < -0.3 is 14.2 Å². The predicted octanol–water partition coefficient (Wildman–Crippen LogP) is 4.27. The number of hydrogen-bond donors (Lipinski definition) is 0. The number of hydrogen-bond acceptors (Lipinski definition) is 3. The molecule has 0 bridgehead atoms. The standard InChI is InChI=1S/C16H17BrO3/c1-18-13-6-4-12(10-17)14(9-13)11-5-7-15(19-2)16(8-11)20-3/h4-9H,10H2,1-3H3. The van der Waals surface area contributed by atoms with E-state index in [0.29, 0.717) is 5.75 Å². The van der Waals surface area contributed by atoms with Gasteiger partial charge in [0.05, 0.1) is 21.3 Å². The molecule has 20 heavy (non-hydrogen) atoms. The largest absolute Gasteiger partial charge is 0.497 e. The Morgan fingerprint density at radius 1 is 0.850 bits per heavy atom. The molecule has 0 aromatic heterocycles. The van der Waals surface area contributed by atoms with Gasteiger partial charge in [-0.05, 0) is 41.0 Å². The Hall–Kier alpha value is -1.68. The fourth-order valence-electron chi connectivity index (χ4n) is 2.07. The first kappa shape index (κ1) is 14.7. The van der Waals surface area contributed by atoms with Gasteiger partial charge in [0.2, 0.25) is 0 Å². The summed E-state index contributed by atoms with van der Waals surface area (Å²) in [5.41, 5.74) is 3.37. The highest BCUT2D eigenvalue weighted by Crippen LogP contribution is 2.35. The molecule has 0 N–H and O–H groups in total. The average molecular weight is 337 g/mol. The van der Waals surface area contributed by atoms with E-state index in [1.54, 1.807) is 21.3 Å². The molecule has 0 spiro atoms. The van der Waals surface area contributed by atoms with Crippen LogP contribution in [0.4, 0.5) is 0 Å². The maximum atomic E-state index is 5.36. The average Bonchev–Trinajstić information content (AvgIpc) is 2.53. The van der Waals surface area contributed by atoms with E-state index in [0.717, 1.165) is 28.0 Å². The summed E-state index contributed by atoms with van der Waals surface area (Å²) in [6, 6.07) is 11.9. The highest BCUT2D eigenvalue weighted by molar-refractivity contribution is 9.08. The zero-order chi connectivity index (χ0) is 14.5. The number of halogens is 1. The topological polar surface area (TPSA) is 27.7 Å². The van der Waals surface area contributed by atoms with E-state index in [4.69, 9.17) is 14.2 Å². The number of methoxy groups -OCH3 is 3. The van der Waals surface area contributed by atoms with Gasteiger partial charge in [-0.1, -0.05) is 28.1 Å². The Morgan fingerprint density at radius 3 is 2.20 bits per heavy atom. The van der Waals surface area contributed by atoms with Crippen molar-refractivity contribution in [1.82, 2.24) is 0 Å². The molecule has 4 heteroatoms. The molecule has 3 nitrogen and oxygen atoms in total. The molecular weight excluding hydrogens is 320 g/mol. The molecule has 0 heterocycles. The van der Waals surface area contributed by atoms with Gasteiger partial charge in [0, 0.05) is 5.33 Å². The molecule has 2 aromatic carbocycles. The predicted molar refractivity (Wildman–Crippen MR) is 84.2 cm³/mol. The van der Waals surface area contributed by atoms with E-state index in [9.17, 15) is 0 Å². The van der Waals surface area contributed by atoms with Crippen molar-refractivity contribution >= 4 is 15.9 Å². The van der Waals surface area contributed by atoms with Crippen molar-refractivity contribution in [3.05, 3.63) is 42.0 Å². The molecule has 0 atom stereocenters. The summed E-state index contributed by atoms with van der Waals surface area (Å²) in [5, 5.41) is 0.778. The maximum absolute atomic E-state index is 5.36. The lowest BCUT2D eigenvalue weighted by Gasteiger charge is -2.13. The number of ether oxygens (including phenoxy) is 3. The summed E-state index contributed by atoms with van der Waals surface area (Å²) < 4.78 is 15.9. The molecular formula is C16H17BrO3. The first-order valence-corrected chi connectivity index (χ1v) is 7.31. The van der Waals surface area contributed by atoms with Crippen LogP contribution >= 0.6 is 15.9 Å². The lowest BCUT2D eigenvalue weighted by atomic mass is 10.00. The van der Waals surface area contributed by atoms with Crippen LogP contribution in [-0.4, -0.2) is 21.3 Å². The van der Waals surface area contributed by atoms with Crippen molar-refractivity contribution in [2.75, 3.05) is 21.3 Å². The first-order valence-electron chi connectivity index (χ1n) is 6.18. The summed E-state index contributed by atoms with van der Waals surface area (Å²) in [4.78, 5) is 0. The Morgan fingerprint density at radius 2 is 1.60 bits per heavy atom. The van der Waals surface area contributed by atoms with Crippen LogP contribution in [0.25, 0.3) is 11.1 Å². The van der Waals surface area contributed by atoms with Crippen molar-refractivity contribution in [2.45, 2.75) is 5.33 Å². The minimum atomic E-state index is 0.716. The van der Waals surface area contributed by atoms with Gasteiger partial charge >= 0.3 is 0 Å². The van der Waals surface area contributed by atoms with Gasteiger partial charge in [-0.3, -0.25) is 0 Å². The highest BCUT2D eigenvalue weighted by atomic mass is 79.9. The number of alkyl halides is 1.